The summed E-state index contributed by atoms with van der Waals surface area (Å²) in [7, 11) is -1.00. The van der Waals surface area contributed by atoms with E-state index in [1.165, 1.54) is 6.07 Å². The number of carbonyl (C=O) groups excluding carboxylic acids is 1. The number of hydrogen-bond acceptors (Lipinski definition) is 5. The van der Waals surface area contributed by atoms with Gasteiger partial charge in [0.2, 0.25) is 0 Å². The van der Waals surface area contributed by atoms with Gasteiger partial charge < -0.3 is 24.5 Å². The third kappa shape index (κ3) is 4.78. The zero-order valence-corrected chi connectivity index (χ0v) is 15.4. The lowest BCUT2D eigenvalue weighted by atomic mass is 9.79. The fourth-order valence-electron chi connectivity index (χ4n) is 2.64. The molecule has 0 aromatic heterocycles. The van der Waals surface area contributed by atoms with Crippen molar-refractivity contribution in [3.05, 3.63) is 53.3 Å². The van der Waals surface area contributed by atoms with Crippen LogP contribution in [0.25, 0.3) is 0 Å². The van der Waals surface area contributed by atoms with Gasteiger partial charge in [0.25, 0.3) is 0 Å². The molecule has 1 aliphatic heterocycles. The minimum atomic E-state index is -1.00. The van der Waals surface area contributed by atoms with Gasteiger partial charge in [-0.3, -0.25) is 0 Å². The second-order valence-electron chi connectivity index (χ2n) is 7.21. The van der Waals surface area contributed by atoms with Gasteiger partial charge in [-0.1, -0.05) is 18.2 Å². The first kappa shape index (κ1) is 19.2. The second-order valence-corrected chi connectivity index (χ2v) is 7.21. The molecule has 1 amide bonds. The molecular formula is C19H21BFNO5. The van der Waals surface area contributed by atoms with Gasteiger partial charge in [0.1, 0.15) is 11.4 Å². The second kappa shape index (κ2) is 7.58. The van der Waals surface area contributed by atoms with Gasteiger partial charge in [0.05, 0.1) is 6.61 Å². The average molecular weight is 373 g/mol. The lowest BCUT2D eigenvalue weighted by Crippen LogP contribution is -2.32. The van der Waals surface area contributed by atoms with Crippen molar-refractivity contribution >= 4 is 18.7 Å². The maximum atomic E-state index is 14.7. The molecule has 3 rings (SSSR count). The zero-order chi connectivity index (χ0) is 19.6. The quantitative estimate of drug-likeness (QED) is 0.806. The Kier molecular flexibility index (Phi) is 5.39. The van der Waals surface area contributed by atoms with E-state index in [0.29, 0.717) is 17.8 Å². The van der Waals surface area contributed by atoms with Crippen LogP contribution in [0, 0.1) is 5.82 Å². The summed E-state index contributed by atoms with van der Waals surface area (Å²) < 4.78 is 30.6. The van der Waals surface area contributed by atoms with E-state index >= 15 is 0 Å². The molecule has 27 heavy (non-hydrogen) atoms. The molecule has 0 atom stereocenters. The first-order chi connectivity index (χ1) is 12.7. The highest BCUT2D eigenvalue weighted by Gasteiger charge is 2.27. The summed E-state index contributed by atoms with van der Waals surface area (Å²) in [6.45, 7) is 5.55. The molecule has 0 aliphatic carbocycles. The lowest BCUT2D eigenvalue weighted by molar-refractivity contribution is 0.0523. The number of hydrogen-bond donors (Lipinski definition) is 2. The first-order valence-electron chi connectivity index (χ1n) is 8.57. The molecule has 2 N–H and O–H groups in total. The van der Waals surface area contributed by atoms with Crippen LogP contribution in [0.1, 0.15) is 31.9 Å². The Hall–Kier alpha value is -2.58. The Morgan fingerprint density at radius 2 is 2.11 bits per heavy atom. The molecule has 0 bridgehead atoms. The average Bonchev–Trinajstić information content (AvgIpc) is 2.95. The molecule has 8 heteroatoms. The SMILES string of the molecule is CC(C)(C)OC(=O)NCc1cccc(Oc2ccc3c(c2)B(O)OC3)c1F. The fraction of sp³-hybridized carbons (Fsp3) is 0.316. The van der Waals surface area contributed by atoms with Crippen molar-refractivity contribution in [3.63, 3.8) is 0 Å². The van der Waals surface area contributed by atoms with Crippen molar-refractivity contribution in [1.82, 2.24) is 5.32 Å². The van der Waals surface area contributed by atoms with Crippen LogP contribution in [0.15, 0.2) is 36.4 Å². The van der Waals surface area contributed by atoms with Crippen LogP contribution >= 0.6 is 0 Å². The van der Waals surface area contributed by atoms with Gasteiger partial charge in [0, 0.05) is 12.1 Å². The molecule has 1 aliphatic rings. The Labute approximate surface area is 157 Å². The number of carbonyl (C=O) groups is 1. The third-order valence-electron chi connectivity index (χ3n) is 3.87. The highest BCUT2D eigenvalue weighted by molar-refractivity contribution is 6.61. The number of rotatable bonds is 4. The molecule has 0 unspecified atom stereocenters. The lowest BCUT2D eigenvalue weighted by Gasteiger charge is -2.19. The standard InChI is InChI=1S/C19H21BFNO5/c1-19(2,3)27-18(23)22-10-12-5-4-6-16(17(12)21)26-14-8-7-13-11-25-20(24)15(13)9-14/h4-9,24H,10-11H2,1-3H3,(H,22,23). The van der Waals surface area contributed by atoms with Crippen molar-refractivity contribution in [1.29, 1.82) is 0 Å². The van der Waals surface area contributed by atoms with Crippen LogP contribution in [0.4, 0.5) is 9.18 Å². The summed E-state index contributed by atoms with van der Waals surface area (Å²) >= 11 is 0. The molecule has 0 spiro atoms. The Morgan fingerprint density at radius 3 is 2.85 bits per heavy atom. The number of fused-ring (bicyclic) bond motifs is 1. The van der Waals surface area contributed by atoms with Crippen LogP contribution in [0.5, 0.6) is 11.5 Å². The summed E-state index contributed by atoms with van der Waals surface area (Å²) in [6.07, 6.45) is -0.624. The number of ether oxygens (including phenoxy) is 2. The van der Waals surface area contributed by atoms with Gasteiger partial charge in [-0.25, -0.2) is 9.18 Å². The molecule has 142 valence electrons. The number of nitrogens with one attached hydrogen (secondary N) is 1. The van der Waals surface area contributed by atoms with E-state index in [-0.39, 0.29) is 17.9 Å². The summed E-state index contributed by atoms with van der Waals surface area (Å²) in [6, 6.07) is 9.76. The fourth-order valence-corrected chi connectivity index (χ4v) is 2.64. The maximum absolute atomic E-state index is 14.7. The molecular weight excluding hydrogens is 352 g/mol. The van der Waals surface area contributed by atoms with Gasteiger partial charge in [-0.05, 0) is 50.0 Å². The van der Waals surface area contributed by atoms with Gasteiger partial charge >= 0.3 is 13.2 Å². The van der Waals surface area contributed by atoms with Crippen LogP contribution in [-0.4, -0.2) is 23.8 Å². The predicted molar refractivity (Wildman–Crippen MR) is 98.4 cm³/mol. The van der Waals surface area contributed by atoms with E-state index in [1.54, 1.807) is 51.1 Å². The van der Waals surface area contributed by atoms with Crippen LogP contribution in [0.2, 0.25) is 0 Å². The Morgan fingerprint density at radius 1 is 1.33 bits per heavy atom. The molecule has 0 saturated heterocycles. The largest absolute Gasteiger partial charge is 0.491 e. The summed E-state index contributed by atoms with van der Waals surface area (Å²) in [5.41, 5.74) is 1.11. The summed E-state index contributed by atoms with van der Waals surface area (Å²) in [5.74, 6) is -0.174. The molecule has 1 heterocycles. The molecule has 2 aromatic rings. The van der Waals surface area contributed by atoms with Gasteiger partial charge in [-0.2, -0.15) is 0 Å². The summed E-state index contributed by atoms with van der Waals surface area (Å²) in [5, 5.41) is 12.3. The van der Waals surface area contributed by atoms with E-state index < -0.39 is 24.6 Å². The van der Waals surface area contributed by atoms with Crippen LogP contribution in [-0.2, 0) is 22.5 Å². The number of amides is 1. The monoisotopic (exact) mass is 373 g/mol. The topological polar surface area (TPSA) is 77.0 Å². The molecule has 0 radical (unpaired) electrons. The van der Waals surface area contributed by atoms with Crippen molar-refractivity contribution < 1.29 is 28.3 Å². The maximum Gasteiger partial charge on any atom is 0.491 e. The van der Waals surface area contributed by atoms with E-state index in [0.717, 1.165) is 5.56 Å². The summed E-state index contributed by atoms with van der Waals surface area (Å²) in [4.78, 5) is 11.7. The van der Waals surface area contributed by atoms with Gasteiger partial charge in [-0.15, -0.1) is 0 Å². The molecule has 0 fully saturated rings. The number of halogens is 1. The zero-order valence-electron chi connectivity index (χ0n) is 15.4. The number of alkyl carbamates (subject to hydrolysis) is 1. The van der Waals surface area contributed by atoms with E-state index in [9.17, 15) is 14.2 Å². The Bertz CT molecular complexity index is 852. The van der Waals surface area contributed by atoms with Gasteiger partial charge in [0.15, 0.2) is 11.6 Å². The van der Waals surface area contributed by atoms with Crippen LogP contribution < -0.4 is 15.5 Å². The molecule has 2 aromatic carbocycles. The number of benzene rings is 2. The van der Waals surface area contributed by atoms with E-state index in [1.807, 2.05) is 0 Å². The normalized spacial score (nSPS) is 13.3. The van der Waals surface area contributed by atoms with E-state index in [4.69, 9.17) is 14.1 Å². The van der Waals surface area contributed by atoms with E-state index in [2.05, 4.69) is 5.32 Å². The smallest absolute Gasteiger partial charge is 0.454 e. The van der Waals surface area contributed by atoms with Crippen molar-refractivity contribution in [2.75, 3.05) is 0 Å². The minimum absolute atomic E-state index is 0.0202. The minimum Gasteiger partial charge on any atom is -0.454 e. The van der Waals surface area contributed by atoms with Crippen LogP contribution in [0.3, 0.4) is 0 Å². The first-order valence-corrected chi connectivity index (χ1v) is 8.57. The van der Waals surface area contributed by atoms with Crippen molar-refractivity contribution in [3.8, 4) is 11.5 Å². The van der Waals surface area contributed by atoms with Crippen molar-refractivity contribution in [2.45, 2.75) is 39.5 Å². The molecule has 0 saturated carbocycles. The third-order valence-corrected chi connectivity index (χ3v) is 3.87. The van der Waals surface area contributed by atoms with Crippen molar-refractivity contribution in [2.24, 2.45) is 0 Å². The highest BCUT2D eigenvalue weighted by Crippen LogP contribution is 2.27. The predicted octanol–water partition coefficient (Wildman–Crippen LogP) is 2.86. The highest BCUT2D eigenvalue weighted by atomic mass is 19.1. The molecule has 6 nitrogen and oxygen atoms in total. The Balaban J connectivity index is 1.70.